The van der Waals surface area contributed by atoms with E-state index in [1.807, 2.05) is 18.2 Å². The summed E-state index contributed by atoms with van der Waals surface area (Å²) in [5.74, 6) is 0.156. The van der Waals surface area contributed by atoms with E-state index in [4.69, 9.17) is 16.3 Å². The lowest BCUT2D eigenvalue weighted by Gasteiger charge is -2.07. The highest BCUT2D eigenvalue weighted by Gasteiger charge is 2.19. The lowest BCUT2D eigenvalue weighted by Crippen LogP contribution is -2.08. The molecule has 1 N–H and O–H groups in total. The minimum atomic E-state index is 0.156. The second kappa shape index (κ2) is 5.35. The Morgan fingerprint density at radius 2 is 2.37 bits per heavy atom. The van der Waals surface area contributed by atoms with Crippen molar-refractivity contribution in [1.82, 2.24) is 4.98 Å². The highest BCUT2D eigenvalue weighted by Crippen LogP contribution is 2.27. The maximum Gasteiger partial charge on any atom is 0.165 e. The number of ether oxygens (including phenoxy) is 1. The molecule has 0 amide bonds. The van der Waals surface area contributed by atoms with Gasteiger partial charge in [-0.3, -0.25) is 4.79 Å². The third kappa shape index (κ3) is 2.53. The number of carbonyl (C=O) groups is 1. The number of aromatic nitrogens is 1. The van der Waals surface area contributed by atoms with Gasteiger partial charge >= 0.3 is 0 Å². The fraction of sp³-hybridized carbons (Fsp3) is 0.400. The van der Waals surface area contributed by atoms with Crippen LogP contribution in [0.2, 0.25) is 5.02 Å². The largest absolute Gasteiger partial charge is 0.378 e. The van der Waals surface area contributed by atoms with Crippen LogP contribution in [-0.4, -0.2) is 23.5 Å². The number of Topliss-reactive ketones (excluding diaryl/α,β-unsaturated/α-hetero) is 1. The molecule has 2 aromatic rings. The van der Waals surface area contributed by atoms with E-state index in [9.17, 15) is 4.79 Å². The minimum Gasteiger partial charge on any atom is -0.378 e. The lowest BCUT2D eigenvalue weighted by molar-refractivity contribution is 0.0860. The molecule has 1 atom stereocenters. The van der Waals surface area contributed by atoms with Crippen LogP contribution in [0.3, 0.4) is 0 Å². The number of ketones is 1. The van der Waals surface area contributed by atoms with Gasteiger partial charge in [0.15, 0.2) is 5.78 Å². The Labute approximate surface area is 116 Å². The normalized spacial score (nSPS) is 19.1. The number of rotatable bonds is 4. The Morgan fingerprint density at radius 1 is 1.47 bits per heavy atom. The van der Waals surface area contributed by atoms with Crippen LogP contribution in [0.1, 0.15) is 36.0 Å². The predicted molar refractivity (Wildman–Crippen MR) is 75.8 cm³/mol. The summed E-state index contributed by atoms with van der Waals surface area (Å²) in [6, 6.07) is 5.62. The molecule has 1 aliphatic rings. The minimum absolute atomic E-state index is 0.156. The first kappa shape index (κ1) is 12.7. The van der Waals surface area contributed by atoms with Crippen LogP contribution < -0.4 is 0 Å². The maximum absolute atomic E-state index is 12.3. The highest BCUT2D eigenvalue weighted by atomic mass is 35.5. The van der Waals surface area contributed by atoms with Gasteiger partial charge in [0.05, 0.1) is 16.6 Å². The molecule has 100 valence electrons. The van der Waals surface area contributed by atoms with Crippen LogP contribution in [0.15, 0.2) is 24.4 Å². The second-order valence-corrected chi connectivity index (χ2v) is 5.37. The Morgan fingerprint density at radius 3 is 3.16 bits per heavy atom. The first-order chi connectivity index (χ1) is 9.25. The van der Waals surface area contributed by atoms with E-state index in [1.54, 1.807) is 6.20 Å². The zero-order chi connectivity index (χ0) is 13.2. The molecule has 3 rings (SSSR count). The molecule has 1 saturated heterocycles. The number of para-hydroxylation sites is 1. The lowest BCUT2D eigenvalue weighted by atomic mass is 10.0. The molecule has 4 heteroatoms. The third-order valence-electron chi connectivity index (χ3n) is 3.68. The van der Waals surface area contributed by atoms with Gasteiger partial charge in [-0.1, -0.05) is 23.7 Å². The molecule has 2 heterocycles. The summed E-state index contributed by atoms with van der Waals surface area (Å²) in [7, 11) is 0. The van der Waals surface area contributed by atoms with E-state index in [-0.39, 0.29) is 11.9 Å². The van der Waals surface area contributed by atoms with Gasteiger partial charge in [-0.15, -0.1) is 0 Å². The van der Waals surface area contributed by atoms with E-state index < -0.39 is 0 Å². The molecule has 19 heavy (non-hydrogen) atoms. The van der Waals surface area contributed by atoms with Crippen LogP contribution in [0.4, 0.5) is 0 Å². The molecule has 1 aromatic carbocycles. The van der Waals surface area contributed by atoms with E-state index in [1.165, 1.54) is 0 Å². The van der Waals surface area contributed by atoms with Crippen molar-refractivity contribution in [3.05, 3.63) is 35.0 Å². The monoisotopic (exact) mass is 277 g/mol. The Kier molecular flexibility index (Phi) is 3.58. The summed E-state index contributed by atoms with van der Waals surface area (Å²) in [5.41, 5.74) is 1.57. The Hall–Kier alpha value is -1.32. The molecule has 3 nitrogen and oxygen atoms in total. The summed E-state index contributed by atoms with van der Waals surface area (Å²) in [5, 5.41) is 1.56. The molecule has 0 aliphatic carbocycles. The fourth-order valence-electron chi connectivity index (χ4n) is 2.65. The average Bonchev–Trinajstić information content (AvgIpc) is 3.06. The highest BCUT2D eigenvalue weighted by molar-refractivity contribution is 6.35. The van der Waals surface area contributed by atoms with Gasteiger partial charge in [0.25, 0.3) is 0 Å². The molecule has 1 fully saturated rings. The Balaban J connectivity index is 1.76. The van der Waals surface area contributed by atoms with Gasteiger partial charge in [-0.05, 0) is 25.3 Å². The van der Waals surface area contributed by atoms with Crippen LogP contribution in [0, 0.1) is 0 Å². The second-order valence-electron chi connectivity index (χ2n) is 4.96. The van der Waals surface area contributed by atoms with Gasteiger partial charge in [0, 0.05) is 30.2 Å². The number of hydrogen-bond acceptors (Lipinski definition) is 2. The van der Waals surface area contributed by atoms with Crippen LogP contribution in [-0.2, 0) is 4.74 Å². The summed E-state index contributed by atoms with van der Waals surface area (Å²) in [6.07, 6.45) is 5.55. The quantitative estimate of drug-likeness (QED) is 0.860. The number of nitrogens with one attached hydrogen (secondary N) is 1. The van der Waals surface area contributed by atoms with Crippen LogP contribution in [0.25, 0.3) is 10.9 Å². The number of halogens is 1. The SMILES string of the molecule is O=C(CCC1CCCO1)c1c[nH]c2c(Cl)cccc12. The molecule has 1 aliphatic heterocycles. The van der Waals surface area contributed by atoms with Gasteiger partial charge < -0.3 is 9.72 Å². The van der Waals surface area contributed by atoms with Crippen molar-refractivity contribution in [2.45, 2.75) is 31.8 Å². The number of carbonyl (C=O) groups excluding carboxylic acids is 1. The van der Waals surface area contributed by atoms with E-state index in [0.717, 1.165) is 42.3 Å². The summed E-state index contributed by atoms with van der Waals surface area (Å²) >= 11 is 6.09. The molecular formula is C15H16ClNO2. The van der Waals surface area contributed by atoms with Crippen LogP contribution in [0.5, 0.6) is 0 Å². The third-order valence-corrected chi connectivity index (χ3v) is 4.00. The van der Waals surface area contributed by atoms with Gasteiger partial charge in [-0.25, -0.2) is 0 Å². The first-order valence-corrected chi connectivity index (χ1v) is 7.04. The topological polar surface area (TPSA) is 42.1 Å². The molecule has 0 bridgehead atoms. The van der Waals surface area contributed by atoms with E-state index >= 15 is 0 Å². The maximum atomic E-state index is 12.3. The van der Waals surface area contributed by atoms with Crippen molar-refractivity contribution in [3.8, 4) is 0 Å². The zero-order valence-corrected chi connectivity index (χ0v) is 11.4. The molecule has 0 radical (unpaired) electrons. The van der Waals surface area contributed by atoms with Crippen molar-refractivity contribution in [3.63, 3.8) is 0 Å². The number of fused-ring (bicyclic) bond motifs is 1. The number of benzene rings is 1. The number of aromatic amines is 1. The summed E-state index contributed by atoms with van der Waals surface area (Å²) < 4.78 is 5.55. The van der Waals surface area contributed by atoms with Crippen molar-refractivity contribution in [2.75, 3.05) is 6.61 Å². The number of H-pyrrole nitrogens is 1. The predicted octanol–water partition coefficient (Wildman–Crippen LogP) is 3.96. The zero-order valence-electron chi connectivity index (χ0n) is 10.6. The summed E-state index contributed by atoms with van der Waals surface area (Å²) in [6.45, 7) is 0.835. The van der Waals surface area contributed by atoms with Crippen molar-refractivity contribution >= 4 is 28.3 Å². The van der Waals surface area contributed by atoms with Crippen molar-refractivity contribution < 1.29 is 9.53 Å². The fourth-order valence-corrected chi connectivity index (χ4v) is 2.88. The smallest absolute Gasteiger partial charge is 0.165 e. The molecule has 0 spiro atoms. The molecule has 0 saturated carbocycles. The van der Waals surface area contributed by atoms with E-state index in [0.29, 0.717) is 11.4 Å². The molecular weight excluding hydrogens is 262 g/mol. The van der Waals surface area contributed by atoms with Crippen molar-refractivity contribution in [2.24, 2.45) is 0 Å². The van der Waals surface area contributed by atoms with Gasteiger partial charge in [0.2, 0.25) is 0 Å². The van der Waals surface area contributed by atoms with E-state index in [2.05, 4.69) is 4.98 Å². The van der Waals surface area contributed by atoms with Crippen LogP contribution >= 0.6 is 11.6 Å². The standard InChI is InChI=1S/C15H16ClNO2/c16-13-5-1-4-11-12(9-17-15(11)13)14(18)7-6-10-3-2-8-19-10/h1,4-5,9-10,17H,2-3,6-8H2. The average molecular weight is 278 g/mol. The first-order valence-electron chi connectivity index (χ1n) is 6.66. The van der Waals surface area contributed by atoms with Gasteiger partial charge in [0.1, 0.15) is 0 Å². The number of hydrogen-bond donors (Lipinski definition) is 1. The molecule has 1 unspecified atom stereocenters. The summed E-state index contributed by atoms with van der Waals surface area (Å²) in [4.78, 5) is 15.4. The Bertz CT molecular complexity index is 599. The van der Waals surface area contributed by atoms with Crippen molar-refractivity contribution in [1.29, 1.82) is 0 Å². The molecule has 1 aromatic heterocycles. The van der Waals surface area contributed by atoms with Gasteiger partial charge in [-0.2, -0.15) is 0 Å².